The number of carbonyl (C=O) groups is 1. The van der Waals surface area contributed by atoms with Crippen molar-refractivity contribution in [2.75, 3.05) is 31.7 Å². The van der Waals surface area contributed by atoms with E-state index >= 15 is 0 Å². The van der Waals surface area contributed by atoms with Gasteiger partial charge in [0.15, 0.2) is 0 Å². The molecule has 0 saturated heterocycles. The number of methoxy groups -OCH3 is 1. The third-order valence-electron chi connectivity index (χ3n) is 10.9. The number of benzene rings is 2. The van der Waals surface area contributed by atoms with E-state index in [1.165, 1.54) is 30.4 Å². The molecule has 4 aliphatic rings. The molecule has 2 saturated carbocycles. The Morgan fingerprint density at radius 1 is 1.11 bits per heavy atom. The van der Waals surface area contributed by atoms with Gasteiger partial charge in [0.1, 0.15) is 16.7 Å². The molecule has 2 heterocycles. The van der Waals surface area contributed by atoms with Crippen molar-refractivity contribution in [3.8, 4) is 5.75 Å². The first-order valence-corrected chi connectivity index (χ1v) is 18.6. The molecule has 6 nitrogen and oxygen atoms in total. The molecule has 0 aromatic heterocycles. The van der Waals surface area contributed by atoms with Crippen LogP contribution in [0, 0.1) is 23.7 Å². The van der Waals surface area contributed by atoms with Gasteiger partial charge in [0, 0.05) is 36.7 Å². The lowest BCUT2D eigenvalue weighted by Gasteiger charge is -2.43. The minimum absolute atomic E-state index is 0.0522. The van der Waals surface area contributed by atoms with Crippen molar-refractivity contribution in [3.05, 3.63) is 70.3 Å². The SMILES string of the molecule is CCCc1cc(Cl)ccc1C1COc2ccc3cc2N(C1)CC1CCC1C(OC)/C=C/CC(C)C(CC1CCC1)S(=O)NC3=O. The Balaban J connectivity index is 1.35. The predicted molar refractivity (Wildman–Crippen MR) is 184 cm³/mol. The maximum Gasteiger partial charge on any atom is 0.263 e. The van der Waals surface area contributed by atoms with Gasteiger partial charge in [-0.1, -0.05) is 69.4 Å². The van der Waals surface area contributed by atoms with Crippen LogP contribution in [0.5, 0.6) is 5.75 Å². The molecular formula is C37H49ClN2O4S. The fourth-order valence-corrected chi connectivity index (χ4v) is 9.41. The molecule has 2 fully saturated rings. The highest BCUT2D eigenvalue weighted by Gasteiger charge is 2.39. The third-order valence-corrected chi connectivity index (χ3v) is 12.7. The van der Waals surface area contributed by atoms with Gasteiger partial charge in [-0.3, -0.25) is 9.52 Å². The van der Waals surface area contributed by atoms with Gasteiger partial charge in [0.05, 0.1) is 23.6 Å². The van der Waals surface area contributed by atoms with Crippen molar-refractivity contribution in [1.82, 2.24) is 4.72 Å². The molecule has 1 N–H and O–H groups in total. The summed E-state index contributed by atoms with van der Waals surface area (Å²) in [5, 5.41) is 0.672. The number of ether oxygens (including phenoxy) is 2. The summed E-state index contributed by atoms with van der Waals surface area (Å²) in [6, 6.07) is 12.0. The summed E-state index contributed by atoms with van der Waals surface area (Å²) >= 11 is 6.44. The lowest BCUT2D eigenvalue weighted by Crippen LogP contribution is -2.44. The summed E-state index contributed by atoms with van der Waals surface area (Å²) in [6.07, 6.45) is 14.2. The lowest BCUT2D eigenvalue weighted by atomic mass is 9.70. The number of carbonyl (C=O) groups excluding carboxylic acids is 1. The van der Waals surface area contributed by atoms with Crippen molar-refractivity contribution in [3.63, 3.8) is 0 Å². The Bertz CT molecular complexity index is 1410. The van der Waals surface area contributed by atoms with E-state index in [1.807, 2.05) is 31.4 Å². The molecule has 6 rings (SSSR count). The third kappa shape index (κ3) is 7.31. The van der Waals surface area contributed by atoms with Crippen LogP contribution in [0.2, 0.25) is 5.02 Å². The first-order chi connectivity index (χ1) is 21.8. The Morgan fingerprint density at radius 2 is 1.96 bits per heavy atom. The van der Waals surface area contributed by atoms with E-state index in [9.17, 15) is 9.00 Å². The molecule has 45 heavy (non-hydrogen) atoms. The van der Waals surface area contributed by atoms with Gasteiger partial charge < -0.3 is 14.4 Å². The summed E-state index contributed by atoms with van der Waals surface area (Å²) in [4.78, 5) is 16.1. The van der Waals surface area contributed by atoms with E-state index in [2.05, 4.69) is 47.8 Å². The number of halogens is 1. The molecule has 2 aliphatic carbocycles. The highest BCUT2D eigenvalue weighted by molar-refractivity contribution is 7.84. The van der Waals surface area contributed by atoms with Crippen molar-refractivity contribution in [2.45, 2.75) is 88.9 Å². The standard InChI is InChI=1S/C37H49ClN2O4S/c1-4-7-26-19-30(38)14-16-31(26)29-22-40-21-28-12-15-32(28)34(43-3)11-5-8-24(2)36(18-25-9-6-10-25)45(42)39-37(41)27-13-17-35(44-23-29)33(40)20-27/h5,11,13-14,16-17,19-20,24-25,28-29,32,34,36H,4,6-10,12,15,18,21-23H2,1-3H3,(H,39,41)/b11-5+. The molecule has 7 unspecified atom stereocenters. The average molecular weight is 653 g/mol. The molecule has 8 heteroatoms. The normalized spacial score (nSPS) is 31.4. The maximum absolute atomic E-state index is 13.8. The van der Waals surface area contributed by atoms with E-state index in [1.54, 1.807) is 0 Å². The molecule has 2 bridgehead atoms. The quantitative estimate of drug-likeness (QED) is 0.322. The molecule has 2 aliphatic heterocycles. The van der Waals surface area contributed by atoms with Crippen LogP contribution in [0.15, 0.2) is 48.6 Å². The van der Waals surface area contributed by atoms with Gasteiger partial charge in [-0.15, -0.1) is 0 Å². The Morgan fingerprint density at radius 3 is 2.67 bits per heavy atom. The second-order valence-electron chi connectivity index (χ2n) is 13.8. The van der Waals surface area contributed by atoms with E-state index in [0.717, 1.165) is 68.1 Å². The van der Waals surface area contributed by atoms with Crippen molar-refractivity contribution in [2.24, 2.45) is 23.7 Å². The topological polar surface area (TPSA) is 67.9 Å². The smallest absolute Gasteiger partial charge is 0.263 e. The van der Waals surface area contributed by atoms with Crippen LogP contribution in [-0.2, 0) is 22.1 Å². The number of aryl methyl sites for hydroxylation is 1. The van der Waals surface area contributed by atoms with Gasteiger partial charge in [-0.2, -0.15) is 0 Å². The molecular weight excluding hydrogens is 604 g/mol. The molecule has 7 atom stereocenters. The molecule has 2 aromatic rings. The van der Waals surface area contributed by atoms with E-state index in [-0.39, 0.29) is 29.1 Å². The van der Waals surface area contributed by atoms with Crippen molar-refractivity contribution < 1.29 is 18.5 Å². The number of nitrogens with zero attached hydrogens (tertiary/aromatic N) is 1. The summed E-state index contributed by atoms with van der Waals surface area (Å²) in [5.74, 6) is 2.33. The van der Waals surface area contributed by atoms with Gasteiger partial charge in [0.25, 0.3) is 5.91 Å². The molecule has 244 valence electrons. The number of nitrogens with one attached hydrogen (secondary N) is 1. The largest absolute Gasteiger partial charge is 0.491 e. The first kappa shape index (κ1) is 32.6. The fourth-order valence-electron chi connectivity index (χ4n) is 7.78. The number of hydrogen-bond acceptors (Lipinski definition) is 5. The van der Waals surface area contributed by atoms with Gasteiger partial charge in [-0.25, -0.2) is 4.21 Å². The van der Waals surface area contributed by atoms with Gasteiger partial charge in [0.2, 0.25) is 0 Å². The van der Waals surface area contributed by atoms with E-state index < -0.39 is 11.0 Å². The Hall–Kier alpha value is -2.35. The van der Waals surface area contributed by atoms with Gasteiger partial charge in [-0.05, 0) is 97.2 Å². The number of fused-ring (bicyclic) bond motifs is 2. The lowest BCUT2D eigenvalue weighted by molar-refractivity contribution is 0.0134. The van der Waals surface area contributed by atoms with Crippen LogP contribution in [0.25, 0.3) is 0 Å². The summed E-state index contributed by atoms with van der Waals surface area (Å²) in [7, 11) is 0.339. The van der Waals surface area contributed by atoms with Crippen LogP contribution in [-0.4, -0.2) is 48.3 Å². The number of rotatable bonds is 6. The van der Waals surface area contributed by atoms with Gasteiger partial charge >= 0.3 is 0 Å². The summed E-state index contributed by atoms with van der Waals surface area (Å²) in [5.41, 5.74) is 4.01. The van der Waals surface area contributed by atoms with Crippen molar-refractivity contribution >= 4 is 34.2 Å². The Labute approximate surface area is 276 Å². The molecule has 2 aromatic carbocycles. The zero-order valence-corrected chi connectivity index (χ0v) is 28.6. The fraction of sp³-hybridized carbons (Fsp3) is 0.595. The number of hydrogen-bond donors (Lipinski definition) is 1. The van der Waals surface area contributed by atoms with Crippen LogP contribution in [0.4, 0.5) is 5.69 Å². The molecule has 1 amide bonds. The van der Waals surface area contributed by atoms with Crippen LogP contribution < -0.4 is 14.4 Å². The minimum Gasteiger partial charge on any atom is -0.491 e. The second kappa shape index (κ2) is 14.6. The predicted octanol–water partition coefficient (Wildman–Crippen LogP) is 7.86. The Kier molecular flexibility index (Phi) is 10.6. The van der Waals surface area contributed by atoms with E-state index in [4.69, 9.17) is 21.1 Å². The zero-order valence-electron chi connectivity index (χ0n) is 27.0. The van der Waals surface area contributed by atoms with Crippen LogP contribution in [0.1, 0.15) is 92.6 Å². The highest BCUT2D eigenvalue weighted by atomic mass is 35.5. The summed E-state index contributed by atoms with van der Waals surface area (Å²) < 4.78 is 29.3. The number of amides is 1. The highest BCUT2D eigenvalue weighted by Crippen LogP contribution is 2.43. The minimum atomic E-state index is -1.48. The maximum atomic E-state index is 13.8. The zero-order chi connectivity index (χ0) is 31.5. The van der Waals surface area contributed by atoms with Crippen LogP contribution in [0.3, 0.4) is 0 Å². The second-order valence-corrected chi connectivity index (χ2v) is 15.7. The van der Waals surface area contributed by atoms with E-state index in [0.29, 0.717) is 29.9 Å². The van der Waals surface area contributed by atoms with Crippen molar-refractivity contribution in [1.29, 1.82) is 0 Å². The molecule has 0 spiro atoms. The average Bonchev–Trinajstić information content (AvgIpc) is 3.16. The summed E-state index contributed by atoms with van der Waals surface area (Å²) in [6.45, 7) is 6.56. The van der Waals surface area contributed by atoms with Crippen LogP contribution >= 0.6 is 11.6 Å². The number of allylic oxidation sites excluding steroid dienone is 1. The number of anilines is 1. The monoisotopic (exact) mass is 652 g/mol. The first-order valence-electron chi connectivity index (χ1n) is 17.1. The molecule has 0 radical (unpaired) electrons.